The molecule has 0 saturated heterocycles. The van der Waals surface area contributed by atoms with Gasteiger partial charge >= 0.3 is 0 Å². The van der Waals surface area contributed by atoms with E-state index >= 15 is 0 Å². The van der Waals surface area contributed by atoms with E-state index in [1.54, 1.807) is 20.4 Å². The Kier molecular flexibility index (Phi) is 3.28. The molecule has 0 unspecified atom stereocenters. The highest BCUT2D eigenvalue weighted by Gasteiger charge is 2.14. The van der Waals surface area contributed by atoms with Gasteiger partial charge in [0.2, 0.25) is 0 Å². The molecule has 1 aromatic carbocycles. The van der Waals surface area contributed by atoms with Crippen LogP contribution in [0.1, 0.15) is 16.7 Å². The molecule has 4 nitrogen and oxygen atoms in total. The molecule has 0 aliphatic rings. The molecule has 0 fully saturated rings. The molecule has 2 rings (SSSR count). The van der Waals surface area contributed by atoms with Gasteiger partial charge in [0.1, 0.15) is 17.7 Å². The fourth-order valence-electron chi connectivity index (χ4n) is 2.15. The summed E-state index contributed by atoms with van der Waals surface area (Å²) in [4.78, 5) is 4.38. The van der Waals surface area contributed by atoms with E-state index in [2.05, 4.69) is 30.2 Å². The van der Waals surface area contributed by atoms with Gasteiger partial charge in [-0.25, -0.2) is 0 Å². The number of benzene rings is 1. The first-order valence-electron chi connectivity index (χ1n) is 5.87. The van der Waals surface area contributed by atoms with E-state index in [1.165, 1.54) is 0 Å². The number of rotatable bonds is 3. The molecule has 0 aliphatic heterocycles. The van der Waals surface area contributed by atoms with Gasteiger partial charge < -0.3 is 14.5 Å². The SMILES string of the molecule is CNc1nc(-c2cc(C)c(OC)c(C)c2C)co1. The Morgan fingerprint density at radius 1 is 1.22 bits per heavy atom. The maximum atomic E-state index is 5.42. The van der Waals surface area contributed by atoms with Crippen LogP contribution in [0.5, 0.6) is 5.75 Å². The maximum absolute atomic E-state index is 5.42. The number of aromatic nitrogens is 1. The molecule has 0 amide bonds. The summed E-state index contributed by atoms with van der Waals surface area (Å²) >= 11 is 0. The van der Waals surface area contributed by atoms with Crippen molar-refractivity contribution in [1.29, 1.82) is 0 Å². The minimum absolute atomic E-state index is 0.524. The first kappa shape index (κ1) is 12.5. The van der Waals surface area contributed by atoms with Crippen LogP contribution in [0.4, 0.5) is 6.01 Å². The second kappa shape index (κ2) is 4.72. The fraction of sp³-hybridized carbons (Fsp3) is 0.357. The fourth-order valence-corrected chi connectivity index (χ4v) is 2.15. The lowest BCUT2D eigenvalue weighted by atomic mass is 9.97. The van der Waals surface area contributed by atoms with E-state index in [9.17, 15) is 0 Å². The molecule has 96 valence electrons. The first-order valence-corrected chi connectivity index (χ1v) is 5.87. The highest BCUT2D eigenvalue weighted by molar-refractivity contribution is 5.69. The standard InChI is InChI=1S/C14H18N2O2/c1-8-6-11(9(2)10(3)13(8)17-5)12-7-18-14(15-4)16-12/h6-7H,1-5H3,(H,15,16). The minimum atomic E-state index is 0.524. The number of methoxy groups -OCH3 is 1. The number of nitrogens with one attached hydrogen (secondary N) is 1. The summed E-state index contributed by atoms with van der Waals surface area (Å²) in [6, 6.07) is 2.61. The Morgan fingerprint density at radius 3 is 2.50 bits per heavy atom. The third kappa shape index (κ3) is 1.94. The molecule has 0 bridgehead atoms. The van der Waals surface area contributed by atoms with Crippen molar-refractivity contribution in [3.8, 4) is 17.0 Å². The summed E-state index contributed by atoms with van der Waals surface area (Å²) in [7, 11) is 3.48. The normalized spacial score (nSPS) is 10.5. The van der Waals surface area contributed by atoms with Gasteiger partial charge in [-0.2, -0.15) is 4.98 Å². The second-order valence-electron chi connectivity index (χ2n) is 4.31. The van der Waals surface area contributed by atoms with Crippen molar-refractivity contribution >= 4 is 6.01 Å². The van der Waals surface area contributed by atoms with Crippen molar-refractivity contribution in [2.75, 3.05) is 19.5 Å². The maximum Gasteiger partial charge on any atom is 0.294 e. The average molecular weight is 246 g/mol. The van der Waals surface area contributed by atoms with Crippen molar-refractivity contribution in [1.82, 2.24) is 4.98 Å². The van der Waals surface area contributed by atoms with Crippen LogP contribution in [0.2, 0.25) is 0 Å². The van der Waals surface area contributed by atoms with Gasteiger partial charge in [-0.05, 0) is 43.5 Å². The predicted molar refractivity (Wildman–Crippen MR) is 72.2 cm³/mol. The summed E-state index contributed by atoms with van der Waals surface area (Å²) in [6.45, 7) is 6.16. The Morgan fingerprint density at radius 2 is 1.94 bits per heavy atom. The molecule has 1 N–H and O–H groups in total. The lowest BCUT2D eigenvalue weighted by Crippen LogP contribution is -1.96. The lowest BCUT2D eigenvalue weighted by molar-refractivity contribution is 0.408. The smallest absolute Gasteiger partial charge is 0.294 e. The number of aryl methyl sites for hydroxylation is 1. The average Bonchev–Trinajstić information content (AvgIpc) is 2.83. The summed E-state index contributed by atoms with van der Waals surface area (Å²) < 4.78 is 10.7. The molecule has 1 aromatic heterocycles. The van der Waals surface area contributed by atoms with Crippen LogP contribution in [-0.2, 0) is 0 Å². The zero-order valence-corrected chi connectivity index (χ0v) is 11.4. The van der Waals surface area contributed by atoms with Gasteiger partial charge in [-0.3, -0.25) is 0 Å². The Labute approximate surface area is 107 Å². The van der Waals surface area contributed by atoms with Crippen LogP contribution in [0, 0.1) is 20.8 Å². The van der Waals surface area contributed by atoms with Gasteiger partial charge in [0.15, 0.2) is 0 Å². The van der Waals surface area contributed by atoms with Crippen LogP contribution in [0.3, 0.4) is 0 Å². The van der Waals surface area contributed by atoms with E-state index in [4.69, 9.17) is 9.15 Å². The van der Waals surface area contributed by atoms with E-state index in [-0.39, 0.29) is 0 Å². The van der Waals surface area contributed by atoms with E-state index in [1.807, 2.05) is 6.92 Å². The van der Waals surface area contributed by atoms with E-state index in [0.717, 1.165) is 33.7 Å². The number of anilines is 1. The second-order valence-corrected chi connectivity index (χ2v) is 4.31. The number of hydrogen-bond acceptors (Lipinski definition) is 4. The lowest BCUT2D eigenvalue weighted by Gasteiger charge is -2.14. The molecular formula is C14H18N2O2. The molecule has 1 heterocycles. The van der Waals surface area contributed by atoms with E-state index in [0.29, 0.717) is 6.01 Å². The molecule has 0 spiro atoms. The van der Waals surface area contributed by atoms with Crippen molar-refractivity contribution in [3.05, 3.63) is 29.0 Å². The summed E-state index contributed by atoms with van der Waals surface area (Å²) in [5.74, 6) is 0.939. The van der Waals surface area contributed by atoms with Crippen LogP contribution in [0.15, 0.2) is 16.7 Å². The first-order chi connectivity index (χ1) is 8.58. The molecule has 18 heavy (non-hydrogen) atoms. The van der Waals surface area contributed by atoms with Crippen LogP contribution in [-0.4, -0.2) is 19.1 Å². The van der Waals surface area contributed by atoms with Crippen molar-refractivity contribution < 1.29 is 9.15 Å². The minimum Gasteiger partial charge on any atom is -0.496 e. The third-order valence-corrected chi connectivity index (χ3v) is 3.22. The van der Waals surface area contributed by atoms with Crippen molar-refractivity contribution in [2.24, 2.45) is 0 Å². The molecule has 4 heteroatoms. The number of nitrogens with zero attached hydrogens (tertiary/aromatic N) is 1. The predicted octanol–water partition coefficient (Wildman–Crippen LogP) is 3.32. The quantitative estimate of drug-likeness (QED) is 0.902. The zero-order chi connectivity index (χ0) is 13.3. The van der Waals surface area contributed by atoms with Gasteiger partial charge in [-0.1, -0.05) is 0 Å². The largest absolute Gasteiger partial charge is 0.496 e. The molecule has 0 saturated carbocycles. The van der Waals surface area contributed by atoms with Crippen LogP contribution >= 0.6 is 0 Å². The highest BCUT2D eigenvalue weighted by Crippen LogP contribution is 2.34. The third-order valence-electron chi connectivity index (χ3n) is 3.22. The summed E-state index contributed by atoms with van der Waals surface area (Å²) in [6.07, 6.45) is 1.67. The van der Waals surface area contributed by atoms with Gasteiger partial charge in [0.25, 0.3) is 6.01 Å². The van der Waals surface area contributed by atoms with Crippen molar-refractivity contribution in [2.45, 2.75) is 20.8 Å². The molecule has 0 aliphatic carbocycles. The van der Waals surface area contributed by atoms with Crippen LogP contribution in [0.25, 0.3) is 11.3 Å². The van der Waals surface area contributed by atoms with Gasteiger partial charge in [0, 0.05) is 12.6 Å². The molecular weight excluding hydrogens is 228 g/mol. The Bertz CT molecular complexity index is 573. The Balaban J connectivity index is 2.58. The number of oxazole rings is 1. The van der Waals surface area contributed by atoms with Gasteiger partial charge in [-0.15, -0.1) is 0 Å². The topological polar surface area (TPSA) is 47.3 Å². The molecule has 2 aromatic rings. The monoisotopic (exact) mass is 246 g/mol. The zero-order valence-electron chi connectivity index (χ0n) is 11.4. The van der Waals surface area contributed by atoms with Crippen LogP contribution < -0.4 is 10.1 Å². The molecule has 0 radical (unpaired) electrons. The summed E-state index contributed by atoms with van der Waals surface area (Å²) in [5.41, 5.74) is 5.32. The van der Waals surface area contributed by atoms with E-state index < -0.39 is 0 Å². The van der Waals surface area contributed by atoms with Crippen molar-refractivity contribution in [3.63, 3.8) is 0 Å². The number of ether oxygens (including phenoxy) is 1. The summed E-state index contributed by atoms with van der Waals surface area (Å²) in [5, 5.41) is 2.89. The van der Waals surface area contributed by atoms with Gasteiger partial charge in [0.05, 0.1) is 7.11 Å². The molecule has 0 atom stereocenters. The highest BCUT2D eigenvalue weighted by atomic mass is 16.5. The Hall–Kier alpha value is -1.97. The number of hydrogen-bond donors (Lipinski definition) is 1.